The van der Waals surface area contributed by atoms with E-state index >= 15 is 0 Å². The molecular formula is C23H31F2NO4. The van der Waals surface area contributed by atoms with Crippen LogP contribution in [0.3, 0.4) is 0 Å². The second kappa shape index (κ2) is 7.53. The maximum Gasteiger partial charge on any atom is 0.256 e. The first-order valence-electron chi connectivity index (χ1n) is 10.8. The minimum atomic E-state index is -0.902. The Bertz CT molecular complexity index is 816. The zero-order valence-corrected chi connectivity index (χ0v) is 17.9. The summed E-state index contributed by atoms with van der Waals surface area (Å²) in [5.41, 5.74) is -1.44. The van der Waals surface area contributed by atoms with Gasteiger partial charge in [0, 0.05) is 19.2 Å². The van der Waals surface area contributed by atoms with Crippen molar-refractivity contribution in [3.8, 4) is 0 Å². The number of hydrogen-bond acceptors (Lipinski definition) is 4. The highest BCUT2D eigenvalue weighted by Gasteiger charge is 2.53. The number of amides is 1. The Morgan fingerprint density at radius 2 is 1.93 bits per heavy atom. The number of piperidine rings is 1. The molecule has 3 atom stereocenters. The van der Waals surface area contributed by atoms with E-state index < -0.39 is 23.1 Å². The number of carbonyl (C=O) groups excluding carboxylic acids is 1. The summed E-state index contributed by atoms with van der Waals surface area (Å²) in [5, 5.41) is 10.4. The lowest BCUT2D eigenvalue weighted by Gasteiger charge is -2.56. The number of rotatable bonds is 2. The zero-order chi connectivity index (χ0) is 21.7. The van der Waals surface area contributed by atoms with Crippen molar-refractivity contribution in [2.24, 2.45) is 5.41 Å². The highest BCUT2D eigenvalue weighted by molar-refractivity contribution is 5.94. The van der Waals surface area contributed by atoms with Crippen LogP contribution < -0.4 is 0 Å². The van der Waals surface area contributed by atoms with Gasteiger partial charge in [0.1, 0.15) is 11.6 Å². The Balaban J connectivity index is 1.42. The lowest BCUT2D eigenvalue weighted by molar-refractivity contribution is -0.271. The first-order chi connectivity index (χ1) is 14.0. The summed E-state index contributed by atoms with van der Waals surface area (Å²) in [6.07, 6.45) is 3.58. The number of hydrogen-bond donors (Lipinski definition) is 1. The topological polar surface area (TPSA) is 59.0 Å². The average molecular weight is 424 g/mol. The molecule has 3 fully saturated rings. The normalized spacial score (nSPS) is 31.5. The number of ether oxygens (including phenoxy) is 2. The maximum absolute atomic E-state index is 14.0. The molecule has 3 aliphatic heterocycles. The first kappa shape index (κ1) is 21.7. The number of fused-ring (bicyclic) bond motifs is 1. The molecule has 0 aliphatic carbocycles. The lowest BCUT2D eigenvalue weighted by atomic mass is 9.68. The van der Waals surface area contributed by atoms with Crippen LogP contribution in [0, 0.1) is 17.0 Å². The summed E-state index contributed by atoms with van der Waals surface area (Å²) >= 11 is 0. The average Bonchev–Trinajstić information content (AvgIpc) is 2.67. The maximum atomic E-state index is 14.0. The summed E-state index contributed by atoms with van der Waals surface area (Å²) in [5.74, 6) is -1.92. The Morgan fingerprint density at radius 1 is 1.23 bits per heavy atom. The van der Waals surface area contributed by atoms with Crippen molar-refractivity contribution in [1.82, 2.24) is 4.90 Å². The molecule has 0 aromatic heterocycles. The molecule has 1 aromatic carbocycles. The van der Waals surface area contributed by atoms with Crippen LogP contribution in [0.1, 0.15) is 63.2 Å². The van der Waals surface area contributed by atoms with Crippen LogP contribution in [-0.2, 0) is 9.47 Å². The van der Waals surface area contributed by atoms with Crippen LogP contribution in [0.5, 0.6) is 0 Å². The van der Waals surface area contributed by atoms with E-state index in [1.807, 2.05) is 0 Å². The minimum Gasteiger partial charge on any atom is -0.388 e. The van der Waals surface area contributed by atoms with Gasteiger partial charge in [0.25, 0.3) is 5.91 Å². The summed E-state index contributed by atoms with van der Waals surface area (Å²) < 4.78 is 39.8. The molecule has 4 rings (SSSR count). The predicted octanol–water partition coefficient (Wildman–Crippen LogP) is 3.68. The molecule has 5 nitrogen and oxygen atoms in total. The van der Waals surface area contributed by atoms with E-state index in [-0.39, 0.29) is 28.8 Å². The Hall–Kier alpha value is -1.57. The van der Waals surface area contributed by atoms with Crippen LogP contribution in [0.2, 0.25) is 0 Å². The molecule has 0 unspecified atom stereocenters. The van der Waals surface area contributed by atoms with Crippen molar-refractivity contribution in [1.29, 1.82) is 0 Å². The standard InChI is InChI=1S/C23H31F2NO4/c1-21(2,28)18-6-7-22(3)19(30-18)13-23(14-29-22)8-10-26(11-9-23)20(27)16-5-4-15(24)12-17(16)25/h4-5,12,18-19,28H,6-11,13-14H2,1-3H3/t18-,19-,22+/m0/s1. The number of halogens is 2. The molecule has 1 amide bonds. The van der Waals surface area contributed by atoms with Crippen molar-refractivity contribution in [2.75, 3.05) is 19.7 Å². The lowest BCUT2D eigenvalue weighted by Crippen LogP contribution is -2.61. The number of nitrogens with zero attached hydrogens (tertiary/aromatic N) is 1. The van der Waals surface area contributed by atoms with Gasteiger partial charge in [-0.25, -0.2) is 8.78 Å². The highest BCUT2D eigenvalue weighted by Crippen LogP contribution is 2.49. The molecule has 0 bridgehead atoms. The largest absolute Gasteiger partial charge is 0.388 e. The predicted molar refractivity (Wildman–Crippen MR) is 107 cm³/mol. The van der Waals surface area contributed by atoms with Gasteiger partial charge in [-0.1, -0.05) is 0 Å². The zero-order valence-electron chi connectivity index (χ0n) is 17.9. The fraction of sp³-hybridized carbons (Fsp3) is 0.696. The molecule has 0 radical (unpaired) electrons. The molecule has 3 saturated heterocycles. The number of aliphatic hydroxyl groups is 1. The van der Waals surface area contributed by atoms with Crippen molar-refractivity contribution in [2.45, 2.75) is 76.3 Å². The Kier molecular flexibility index (Phi) is 5.44. The van der Waals surface area contributed by atoms with Gasteiger partial charge >= 0.3 is 0 Å². The van der Waals surface area contributed by atoms with Gasteiger partial charge in [-0.05, 0) is 70.4 Å². The molecule has 0 saturated carbocycles. The molecular weight excluding hydrogens is 392 g/mol. The molecule has 166 valence electrons. The van der Waals surface area contributed by atoms with E-state index in [0.717, 1.165) is 44.2 Å². The van der Waals surface area contributed by atoms with Gasteiger partial charge in [0.15, 0.2) is 0 Å². The molecule has 3 aliphatic rings. The molecule has 30 heavy (non-hydrogen) atoms. The van der Waals surface area contributed by atoms with Gasteiger partial charge < -0.3 is 19.5 Å². The Morgan fingerprint density at radius 3 is 2.57 bits per heavy atom. The second-order valence-electron chi connectivity index (χ2n) is 10.0. The monoisotopic (exact) mass is 423 g/mol. The molecule has 3 heterocycles. The minimum absolute atomic E-state index is 0.0935. The summed E-state index contributed by atoms with van der Waals surface area (Å²) in [6.45, 7) is 7.25. The van der Waals surface area contributed by atoms with Gasteiger partial charge in [-0.3, -0.25) is 4.79 Å². The molecule has 7 heteroatoms. The van der Waals surface area contributed by atoms with Crippen LogP contribution in [0.15, 0.2) is 18.2 Å². The van der Waals surface area contributed by atoms with E-state index in [9.17, 15) is 18.7 Å². The van der Waals surface area contributed by atoms with Gasteiger partial charge in [-0.2, -0.15) is 0 Å². The quantitative estimate of drug-likeness (QED) is 0.788. The fourth-order valence-corrected chi connectivity index (χ4v) is 5.07. The van der Waals surface area contributed by atoms with Crippen LogP contribution in [0.25, 0.3) is 0 Å². The number of likely N-dealkylation sites (tertiary alicyclic amines) is 1. The SMILES string of the molecule is CC(C)(O)[C@@H]1CC[C@@]2(C)OCC3(CCN(C(=O)c4ccc(F)cc4F)CC3)C[C@@H]2O1. The van der Waals surface area contributed by atoms with E-state index in [2.05, 4.69) is 6.92 Å². The smallest absolute Gasteiger partial charge is 0.256 e. The molecule has 1 aromatic rings. The first-order valence-corrected chi connectivity index (χ1v) is 10.8. The third kappa shape index (κ3) is 3.99. The van der Waals surface area contributed by atoms with Crippen molar-refractivity contribution in [3.05, 3.63) is 35.4 Å². The van der Waals surface area contributed by atoms with Gasteiger partial charge in [0.05, 0.1) is 35.6 Å². The molecule has 1 spiro atoms. The fourth-order valence-electron chi connectivity index (χ4n) is 5.07. The van der Waals surface area contributed by atoms with Gasteiger partial charge in [0.2, 0.25) is 0 Å². The summed E-state index contributed by atoms with van der Waals surface area (Å²) in [4.78, 5) is 14.4. The molecule has 1 N–H and O–H groups in total. The van der Waals surface area contributed by atoms with Crippen LogP contribution >= 0.6 is 0 Å². The van der Waals surface area contributed by atoms with Crippen LogP contribution in [0.4, 0.5) is 8.78 Å². The Labute approximate surface area is 176 Å². The third-order valence-corrected chi connectivity index (χ3v) is 7.30. The van der Waals surface area contributed by atoms with Crippen molar-refractivity contribution < 1.29 is 28.2 Å². The number of carbonyl (C=O) groups is 1. The van der Waals surface area contributed by atoms with Crippen molar-refractivity contribution in [3.63, 3.8) is 0 Å². The van der Waals surface area contributed by atoms with Crippen molar-refractivity contribution >= 4 is 5.91 Å². The van der Waals surface area contributed by atoms with E-state index in [1.165, 1.54) is 6.07 Å². The third-order valence-electron chi connectivity index (χ3n) is 7.30. The summed E-state index contributed by atoms with van der Waals surface area (Å²) in [7, 11) is 0. The highest BCUT2D eigenvalue weighted by atomic mass is 19.1. The second-order valence-corrected chi connectivity index (χ2v) is 10.0. The van der Waals surface area contributed by atoms with Crippen LogP contribution in [-0.4, -0.2) is 59.0 Å². The van der Waals surface area contributed by atoms with E-state index in [4.69, 9.17) is 9.47 Å². The number of benzene rings is 1. The summed E-state index contributed by atoms with van der Waals surface area (Å²) in [6, 6.07) is 3.06. The van der Waals surface area contributed by atoms with Gasteiger partial charge in [-0.15, -0.1) is 0 Å². The van der Waals surface area contributed by atoms with E-state index in [0.29, 0.717) is 19.7 Å². The van der Waals surface area contributed by atoms with E-state index in [1.54, 1.807) is 18.7 Å².